The Labute approximate surface area is 396 Å². The number of hydrogen-bond donors (Lipinski definition) is 1. The Morgan fingerprint density at radius 3 is 1.54 bits per heavy atom. The van der Waals surface area contributed by atoms with Gasteiger partial charge in [0.1, 0.15) is 0 Å². The van der Waals surface area contributed by atoms with Crippen LogP contribution < -0.4 is 0 Å². The van der Waals surface area contributed by atoms with E-state index in [4.69, 9.17) is 0 Å². The van der Waals surface area contributed by atoms with Crippen molar-refractivity contribution in [1.82, 2.24) is 0 Å². The van der Waals surface area contributed by atoms with Crippen molar-refractivity contribution in [3.8, 4) is 33.4 Å². The molecule has 1 aliphatic carbocycles. The van der Waals surface area contributed by atoms with Crippen LogP contribution in [0, 0.1) is 5.92 Å². The number of thioether (sulfide) groups is 2. The van der Waals surface area contributed by atoms with Crippen LogP contribution in [0.15, 0.2) is 180 Å². The molecule has 63 heavy (non-hydrogen) atoms. The van der Waals surface area contributed by atoms with Gasteiger partial charge in [0.15, 0.2) is 0 Å². The molecule has 0 saturated carbocycles. The Morgan fingerprint density at radius 1 is 0.571 bits per heavy atom. The summed E-state index contributed by atoms with van der Waals surface area (Å²) in [4.78, 5) is 0. The van der Waals surface area contributed by atoms with Crippen molar-refractivity contribution in [3.63, 3.8) is 0 Å². The lowest BCUT2D eigenvalue weighted by atomic mass is 9.88. The third-order valence-electron chi connectivity index (χ3n) is 12.4. The summed E-state index contributed by atoms with van der Waals surface area (Å²) in [7, 11) is 0. The lowest BCUT2D eigenvalue weighted by Gasteiger charge is -2.18. The second-order valence-corrected chi connectivity index (χ2v) is 22.7. The monoisotopic (exact) mass is 934 g/mol. The lowest BCUT2D eigenvalue weighted by molar-refractivity contribution is 0.876. The molecule has 0 saturated heterocycles. The summed E-state index contributed by atoms with van der Waals surface area (Å²) in [6, 6.07) is 46.1. The lowest BCUT2D eigenvalue weighted by Crippen LogP contribution is -2.11. The van der Waals surface area contributed by atoms with Gasteiger partial charge in [-0.25, -0.2) is 0 Å². The van der Waals surface area contributed by atoms with E-state index in [9.17, 15) is 0 Å². The fraction of sp³-hybridized carbons (Fsp3) is 0.0714. The molecule has 2 atom stereocenters. The fourth-order valence-electron chi connectivity index (χ4n) is 9.09. The Balaban J connectivity index is 0.771. The van der Waals surface area contributed by atoms with E-state index in [1.165, 1.54) is 109 Å². The highest BCUT2D eigenvalue weighted by Crippen LogP contribution is 2.49. The van der Waals surface area contributed by atoms with Gasteiger partial charge < -0.3 is 0 Å². The van der Waals surface area contributed by atoms with Crippen LogP contribution >= 0.6 is 81.5 Å². The molecule has 10 aromatic rings. The molecule has 1 aliphatic heterocycles. The molecule has 4 aromatic heterocycles. The van der Waals surface area contributed by atoms with Gasteiger partial charge in [0, 0.05) is 51.5 Å². The van der Waals surface area contributed by atoms with Crippen LogP contribution in [-0.2, 0) is 0 Å². The van der Waals surface area contributed by atoms with Gasteiger partial charge in [0.25, 0.3) is 0 Å². The minimum absolute atomic E-state index is 0.475. The highest BCUT2D eigenvalue weighted by molar-refractivity contribution is 8.03. The topological polar surface area (TPSA) is 0 Å². The summed E-state index contributed by atoms with van der Waals surface area (Å²) in [6.07, 6.45) is 11.0. The molecule has 7 heteroatoms. The first kappa shape index (κ1) is 39.7. The van der Waals surface area contributed by atoms with Crippen LogP contribution in [0.1, 0.15) is 18.1 Å². The molecule has 0 spiro atoms. The van der Waals surface area contributed by atoms with Gasteiger partial charge in [-0.2, -0.15) is 12.6 Å². The number of fused-ring (bicyclic) bond motifs is 11. The van der Waals surface area contributed by atoms with Crippen molar-refractivity contribution in [3.05, 3.63) is 191 Å². The number of rotatable bonds is 9. The molecule has 0 amide bonds. The minimum atomic E-state index is 0.475. The second-order valence-electron chi connectivity index (χ2n) is 16.0. The molecular formula is C56H38S7. The van der Waals surface area contributed by atoms with Crippen molar-refractivity contribution in [2.75, 3.05) is 5.75 Å². The third kappa shape index (κ3) is 6.96. The van der Waals surface area contributed by atoms with Gasteiger partial charge in [-0.1, -0.05) is 135 Å². The minimum Gasteiger partial charge on any atom is -0.151 e. The number of thiol groups is 1. The smallest absolute Gasteiger partial charge is 0.0542 e. The van der Waals surface area contributed by atoms with E-state index < -0.39 is 0 Å². The molecule has 2 unspecified atom stereocenters. The van der Waals surface area contributed by atoms with Crippen LogP contribution in [-0.4, -0.2) is 11.0 Å². The molecule has 0 bridgehead atoms. The Morgan fingerprint density at radius 2 is 1.02 bits per heavy atom. The number of hydrogen-bond acceptors (Lipinski definition) is 7. The summed E-state index contributed by atoms with van der Waals surface area (Å²) in [5, 5.41) is 12.3. The summed E-state index contributed by atoms with van der Waals surface area (Å²) in [5.41, 5.74) is 13.6. The van der Waals surface area contributed by atoms with E-state index in [2.05, 4.69) is 183 Å². The van der Waals surface area contributed by atoms with Crippen molar-refractivity contribution < 1.29 is 0 Å². The first-order valence-electron chi connectivity index (χ1n) is 21.0. The predicted molar refractivity (Wildman–Crippen MR) is 294 cm³/mol. The van der Waals surface area contributed by atoms with E-state index in [-0.39, 0.29) is 0 Å². The Kier molecular flexibility index (Phi) is 10.3. The summed E-state index contributed by atoms with van der Waals surface area (Å²) in [5.74, 6) is 1.50. The van der Waals surface area contributed by atoms with Gasteiger partial charge in [-0.15, -0.1) is 68.9 Å². The van der Waals surface area contributed by atoms with Crippen LogP contribution in [0.2, 0.25) is 0 Å². The average Bonchev–Trinajstić information content (AvgIpc) is 4.14. The molecule has 5 heterocycles. The normalized spacial score (nSPS) is 16.5. The van der Waals surface area contributed by atoms with Crippen molar-refractivity contribution in [1.29, 1.82) is 0 Å². The van der Waals surface area contributed by atoms with E-state index in [0.29, 0.717) is 11.2 Å². The number of thiophene rings is 4. The van der Waals surface area contributed by atoms with Crippen LogP contribution in [0.25, 0.3) is 104 Å². The summed E-state index contributed by atoms with van der Waals surface area (Å²) in [6.45, 7) is 6.49. The molecule has 0 radical (unpaired) electrons. The third-order valence-corrected chi connectivity index (χ3v) is 19.4. The van der Waals surface area contributed by atoms with Gasteiger partial charge in [-0.3, -0.25) is 0 Å². The van der Waals surface area contributed by atoms with Gasteiger partial charge in [-0.05, 0) is 114 Å². The molecule has 0 N–H and O–H groups in total. The van der Waals surface area contributed by atoms with E-state index in [1.54, 1.807) is 17.2 Å². The Hall–Kier alpha value is -4.83. The summed E-state index contributed by atoms with van der Waals surface area (Å²) >= 11 is 15.7. The molecule has 0 nitrogen and oxygen atoms in total. The van der Waals surface area contributed by atoms with Gasteiger partial charge in [0.2, 0.25) is 0 Å². The second kappa shape index (κ2) is 16.3. The number of benzene rings is 6. The fourth-order valence-corrected chi connectivity index (χ4v) is 16.5. The maximum absolute atomic E-state index is 4.31. The zero-order valence-corrected chi connectivity index (χ0v) is 39.9. The van der Waals surface area contributed by atoms with E-state index >= 15 is 0 Å². The molecule has 304 valence electrons. The molecule has 12 rings (SSSR count). The van der Waals surface area contributed by atoms with Crippen LogP contribution in [0.3, 0.4) is 0 Å². The highest BCUT2D eigenvalue weighted by Gasteiger charge is 2.29. The quantitative estimate of drug-likeness (QED) is 0.113. The molecule has 6 aromatic carbocycles. The zero-order chi connectivity index (χ0) is 42.2. The molecule has 0 fully saturated rings. The van der Waals surface area contributed by atoms with Gasteiger partial charge in [0.05, 0.1) is 18.8 Å². The van der Waals surface area contributed by atoms with Crippen molar-refractivity contribution in [2.24, 2.45) is 5.92 Å². The molecular weight excluding hydrogens is 897 g/mol. The van der Waals surface area contributed by atoms with E-state index in [0.717, 1.165) is 16.9 Å². The highest BCUT2D eigenvalue weighted by atomic mass is 32.2. The maximum atomic E-state index is 4.31. The molecule has 2 aliphatic rings. The van der Waals surface area contributed by atoms with Gasteiger partial charge >= 0.3 is 0 Å². The van der Waals surface area contributed by atoms with Crippen molar-refractivity contribution >= 4 is 152 Å². The first-order valence-corrected chi connectivity index (χ1v) is 26.8. The largest absolute Gasteiger partial charge is 0.151 e. The first-order chi connectivity index (χ1) is 31.0. The van der Waals surface area contributed by atoms with Crippen molar-refractivity contribution in [2.45, 2.75) is 12.2 Å². The average molecular weight is 935 g/mol. The Bertz CT molecular complexity index is 3630. The standard InChI is InChI=1S/C56H38S7/c1-3-58-30-46(32(2)24-25-57)39-18-22-44-51(28-39)62-53-42-20-16-37(26-49(42)60-55(44)53)35-12-8-33(9-13-35)34-10-14-36(15-11-34)38-17-21-43-50(27-38)61-56-45-23-19-40(29-52(45)63-54(43)56)47-31-59-48-7-5-4-6-41(47)48/h4-31,41,48,57H,2-3H2,1H3/b25-24-,46-30+. The van der Waals surface area contributed by atoms with Crippen LogP contribution in [0.4, 0.5) is 0 Å². The predicted octanol–water partition coefficient (Wildman–Crippen LogP) is 19.1. The van der Waals surface area contributed by atoms with Crippen LogP contribution in [0.5, 0.6) is 0 Å². The van der Waals surface area contributed by atoms with E-state index in [1.807, 2.05) is 63.2 Å². The maximum Gasteiger partial charge on any atom is 0.0542 e. The zero-order valence-electron chi connectivity index (χ0n) is 34.1. The SMILES string of the molecule is C=C(/C=C\S)/C(=C\SCC)c1ccc2c(c1)sc1c3ccc(-c4ccc(-c5ccc(-c6ccc7c(c6)sc6c8ccc(C9=CSC%10C=CC=CC9%10)cc8sc76)cc5)cc4)cc3sc21. The summed E-state index contributed by atoms with van der Waals surface area (Å²) < 4.78 is 11.0. The number of allylic oxidation sites excluding steroid dienone is 7.